The summed E-state index contributed by atoms with van der Waals surface area (Å²) in [6.45, 7) is 8.20. The van der Waals surface area contributed by atoms with E-state index in [9.17, 15) is 4.79 Å². The van der Waals surface area contributed by atoms with Gasteiger partial charge in [0.25, 0.3) is 0 Å². The molecule has 0 atom stereocenters. The number of nitrogens with one attached hydrogen (secondary N) is 1. The summed E-state index contributed by atoms with van der Waals surface area (Å²) < 4.78 is 0. The number of aliphatic hydroxyl groups excluding tert-OH is 1. The van der Waals surface area contributed by atoms with E-state index in [0.717, 1.165) is 32.2 Å². The van der Waals surface area contributed by atoms with Gasteiger partial charge in [-0.15, -0.1) is 0 Å². The second-order valence-corrected chi connectivity index (χ2v) is 7.20. The average molecular weight is 270 g/mol. The number of hydrogen-bond donors (Lipinski definition) is 2. The Morgan fingerprint density at radius 2 is 1.84 bits per heavy atom. The minimum Gasteiger partial charge on any atom is -0.396 e. The van der Waals surface area contributed by atoms with Gasteiger partial charge < -0.3 is 10.4 Å². The van der Waals surface area contributed by atoms with Gasteiger partial charge in [-0.25, -0.2) is 0 Å². The maximum absolute atomic E-state index is 12.0. The van der Waals surface area contributed by atoms with E-state index < -0.39 is 0 Å². The highest BCUT2D eigenvalue weighted by Gasteiger charge is 2.22. The first-order chi connectivity index (χ1) is 8.80. The third kappa shape index (κ3) is 6.92. The van der Waals surface area contributed by atoms with Crippen LogP contribution in [0.15, 0.2) is 0 Å². The van der Waals surface area contributed by atoms with Crippen LogP contribution in [0, 0.1) is 11.3 Å². The van der Waals surface area contributed by atoms with Crippen molar-refractivity contribution in [2.75, 3.05) is 26.7 Å². The molecular weight excluding hydrogens is 240 g/mol. The zero-order valence-electron chi connectivity index (χ0n) is 12.9. The molecule has 0 aliphatic heterocycles. The van der Waals surface area contributed by atoms with E-state index in [4.69, 9.17) is 5.11 Å². The molecule has 2 N–H and O–H groups in total. The summed E-state index contributed by atoms with van der Waals surface area (Å²) in [5.41, 5.74) is 0.216. The molecule has 1 fully saturated rings. The highest BCUT2D eigenvalue weighted by molar-refractivity contribution is 5.78. The molecule has 19 heavy (non-hydrogen) atoms. The van der Waals surface area contributed by atoms with Gasteiger partial charge >= 0.3 is 0 Å². The van der Waals surface area contributed by atoms with E-state index in [2.05, 4.69) is 31.0 Å². The maximum atomic E-state index is 12.0. The van der Waals surface area contributed by atoms with Crippen molar-refractivity contribution in [3.05, 3.63) is 0 Å². The van der Waals surface area contributed by atoms with Crippen LogP contribution in [-0.4, -0.2) is 48.7 Å². The normalized spacial score (nSPS) is 24.5. The predicted octanol–water partition coefficient (Wildman–Crippen LogP) is 1.63. The molecule has 1 rings (SSSR count). The lowest BCUT2D eigenvalue weighted by molar-refractivity contribution is -0.123. The molecule has 112 valence electrons. The second kappa shape index (κ2) is 7.25. The van der Waals surface area contributed by atoms with Crippen molar-refractivity contribution >= 4 is 5.91 Å². The Morgan fingerprint density at radius 3 is 2.32 bits per heavy atom. The molecule has 1 aliphatic carbocycles. The smallest absolute Gasteiger partial charge is 0.234 e. The zero-order chi connectivity index (χ0) is 14.5. The van der Waals surface area contributed by atoms with Crippen LogP contribution in [0.2, 0.25) is 0 Å². The molecule has 0 aromatic heterocycles. The minimum atomic E-state index is 0.124. The van der Waals surface area contributed by atoms with Crippen LogP contribution < -0.4 is 5.32 Å². The molecule has 0 bridgehead atoms. The summed E-state index contributed by atoms with van der Waals surface area (Å²) in [5, 5.41) is 12.2. The molecule has 1 amide bonds. The summed E-state index contributed by atoms with van der Waals surface area (Å²) in [5.74, 6) is 0.566. The van der Waals surface area contributed by atoms with Crippen molar-refractivity contribution in [1.82, 2.24) is 10.2 Å². The number of hydrogen-bond acceptors (Lipinski definition) is 3. The SMILES string of the molecule is CN(CC(=O)NC1CCC(CO)CC1)CC(C)(C)C. The van der Waals surface area contributed by atoms with Crippen LogP contribution >= 0.6 is 0 Å². The molecule has 4 nitrogen and oxygen atoms in total. The van der Waals surface area contributed by atoms with E-state index in [1.165, 1.54) is 0 Å². The molecule has 0 heterocycles. The van der Waals surface area contributed by atoms with Crippen LogP contribution in [0.4, 0.5) is 0 Å². The van der Waals surface area contributed by atoms with Gasteiger partial charge in [-0.1, -0.05) is 20.8 Å². The molecule has 0 saturated heterocycles. The molecule has 1 aliphatic rings. The van der Waals surface area contributed by atoms with Crippen molar-refractivity contribution in [1.29, 1.82) is 0 Å². The minimum absolute atomic E-state index is 0.124. The first-order valence-electron chi connectivity index (χ1n) is 7.39. The summed E-state index contributed by atoms with van der Waals surface area (Å²) in [6, 6.07) is 0.304. The molecule has 4 heteroatoms. The van der Waals surface area contributed by atoms with E-state index in [0.29, 0.717) is 18.5 Å². The standard InChI is InChI=1S/C15H30N2O2/c1-15(2,3)11-17(4)9-14(19)16-13-7-5-12(10-18)6-8-13/h12-13,18H,5-11H2,1-4H3,(H,16,19). The average Bonchev–Trinajstić information content (AvgIpc) is 2.27. The van der Waals surface area contributed by atoms with Crippen molar-refractivity contribution in [2.24, 2.45) is 11.3 Å². The van der Waals surface area contributed by atoms with Gasteiger partial charge in [-0.3, -0.25) is 9.69 Å². The van der Waals surface area contributed by atoms with Crippen LogP contribution in [0.1, 0.15) is 46.5 Å². The van der Waals surface area contributed by atoms with Gasteiger partial charge in [0.1, 0.15) is 0 Å². The fourth-order valence-electron chi connectivity index (χ4n) is 2.87. The number of carbonyl (C=O) groups is 1. The van der Waals surface area contributed by atoms with E-state index in [-0.39, 0.29) is 17.9 Å². The summed E-state index contributed by atoms with van der Waals surface area (Å²) in [6.07, 6.45) is 4.05. The lowest BCUT2D eigenvalue weighted by atomic mass is 9.86. The van der Waals surface area contributed by atoms with Gasteiger partial charge in [-0.2, -0.15) is 0 Å². The van der Waals surface area contributed by atoms with Crippen LogP contribution in [-0.2, 0) is 4.79 Å². The largest absolute Gasteiger partial charge is 0.396 e. The summed E-state index contributed by atoms with van der Waals surface area (Å²) >= 11 is 0. The van der Waals surface area contributed by atoms with Crippen molar-refractivity contribution in [3.8, 4) is 0 Å². The van der Waals surface area contributed by atoms with Crippen LogP contribution in [0.25, 0.3) is 0 Å². The highest BCUT2D eigenvalue weighted by atomic mass is 16.3. The van der Waals surface area contributed by atoms with Gasteiger partial charge in [0.2, 0.25) is 5.91 Å². The Morgan fingerprint density at radius 1 is 1.26 bits per heavy atom. The summed E-state index contributed by atoms with van der Waals surface area (Å²) in [4.78, 5) is 14.0. The fourth-order valence-corrected chi connectivity index (χ4v) is 2.87. The van der Waals surface area contributed by atoms with E-state index in [1.54, 1.807) is 0 Å². The fraction of sp³-hybridized carbons (Fsp3) is 0.933. The number of carbonyl (C=O) groups excluding carboxylic acids is 1. The van der Waals surface area contributed by atoms with Gasteiger partial charge in [0.05, 0.1) is 6.54 Å². The molecule has 1 saturated carbocycles. The molecule has 0 aromatic carbocycles. The van der Waals surface area contributed by atoms with Gasteiger partial charge in [0.15, 0.2) is 0 Å². The van der Waals surface area contributed by atoms with Gasteiger partial charge in [-0.05, 0) is 44.1 Å². The van der Waals surface area contributed by atoms with Crippen molar-refractivity contribution < 1.29 is 9.90 Å². The number of aliphatic hydroxyl groups is 1. The number of nitrogens with zero attached hydrogens (tertiary/aromatic N) is 1. The quantitative estimate of drug-likeness (QED) is 0.798. The first-order valence-corrected chi connectivity index (χ1v) is 7.39. The Labute approximate surface area is 117 Å². The highest BCUT2D eigenvalue weighted by Crippen LogP contribution is 2.23. The zero-order valence-corrected chi connectivity index (χ0v) is 12.9. The molecular formula is C15H30N2O2. The molecule has 0 aromatic rings. The number of likely N-dealkylation sites (N-methyl/N-ethyl adjacent to an activating group) is 1. The van der Waals surface area contributed by atoms with Crippen LogP contribution in [0.3, 0.4) is 0 Å². The monoisotopic (exact) mass is 270 g/mol. The second-order valence-electron chi connectivity index (χ2n) is 7.20. The van der Waals surface area contributed by atoms with E-state index >= 15 is 0 Å². The lowest BCUT2D eigenvalue weighted by Crippen LogP contribution is -2.44. The Bertz CT molecular complexity index is 278. The number of rotatable bonds is 5. The maximum Gasteiger partial charge on any atom is 0.234 e. The van der Waals surface area contributed by atoms with Crippen LogP contribution in [0.5, 0.6) is 0 Å². The predicted molar refractivity (Wildman–Crippen MR) is 77.9 cm³/mol. The molecule has 0 spiro atoms. The van der Waals surface area contributed by atoms with Crippen molar-refractivity contribution in [2.45, 2.75) is 52.5 Å². The topological polar surface area (TPSA) is 52.6 Å². The Balaban J connectivity index is 2.24. The Kier molecular flexibility index (Phi) is 6.27. The molecule has 0 unspecified atom stereocenters. The van der Waals surface area contributed by atoms with E-state index in [1.807, 2.05) is 7.05 Å². The first kappa shape index (κ1) is 16.4. The summed E-state index contributed by atoms with van der Waals surface area (Å²) in [7, 11) is 1.99. The third-order valence-corrected chi connectivity index (χ3v) is 3.63. The molecule has 0 radical (unpaired) electrons. The Hall–Kier alpha value is -0.610. The van der Waals surface area contributed by atoms with Crippen molar-refractivity contribution in [3.63, 3.8) is 0 Å². The lowest BCUT2D eigenvalue weighted by Gasteiger charge is -2.30. The third-order valence-electron chi connectivity index (χ3n) is 3.63. The van der Waals surface area contributed by atoms with Gasteiger partial charge in [0, 0.05) is 19.2 Å². The number of amides is 1.